The van der Waals surface area contributed by atoms with Gasteiger partial charge in [0.15, 0.2) is 0 Å². The molecule has 0 aliphatic carbocycles. The van der Waals surface area contributed by atoms with Crippen LogP contribution in [0.5, 0.6) is 0 Å². The molecule has 0 rings (SSSR count). The van der Waals surface area contributed by atoms with Crippen molar-refractivity contribution in [2.24, 2.45) is 0 Å². The lowest BCUT2D eigenvalue weighted by atomic mass is 10.2. The molecule has 0 bridgehead atoms. The van der Waals surface area contributed by atoms with Crippen LogP contribution in [0.25, 0.3) is 0 Å². The predicted octanol–water partition coefficient (Wildman–Crippen LogP) is 3.04. The molecular formula is C12H23NO. The number of rotatable bonds is 9. The topological polar surface area (TPSA) is 29.1 Å². The van der Waals surface area contributed by atoms with Gasteiger partial charge in [0, 0.05) is 18.7 Å². The molecule has 0 aliphatic heterocycles. The van der Waals surface area contributed by atoms with Gasteiger partial charge in [0.1, 0.15) is 5.78 Å². The van der Waals surface area contributed by atoms with E-state index in [1.807, 2.05) is 0 Å². The van der Waals surface area contributed by atoms with Crippen molar-refractivity contribution in [2.75, 3.05) is 6.54 Å². The minimum Gasteiger partial charge on any atom is -0.389 e. The lowest BCUT2D eigenvalue weighted by Crippen LogP contribution is -2.14. The SMILES string of the molecule is C=C(CCC(C)=O)NCCCCCC. The second kappa shape index (κ2) is 8.79. The highest BCUT2D eigenvalue weighted by Gasteiger charge is 1.96. The first-order chi connectivity index (χ1) is 6.66. The molecule has 0 amide bonds. The third-order valence-corrected chi connectivity index (χ3v) is 2.18. The van der Waals surface area contributed by atoms with Crippen molar-refractivity contribution >= 4 is 5.78 Å². The van der Waals surface area contributed by atoms with E-state index in [1.165, 1.54) is 25.7 Å². The van der Waals surface area contributed by atoms with Crippen LogP contribution in [-0.4, -0.2) is 12.3 Å². The number of carbonyl (C=O) groups excluding carboxylic acids is 1. The first-order valence-corrected chi connectivity index (χ1v) is 5.58. The van der Waals surface area contributed by atoms with E-state index < -0.39 is 0 Å². The highest BCUT2D eigenvalue weighted by atomic mass is 16.1. The molecule has 2 nitrogen and oxygen atoms in total. The molecule has 0 radical (unpaired) electrons. The van der Waals surface area contributed by atoms with Gasteiger partial charge in [-0.15, -0.1) is 0 Å². The number of unbranched alkanes of at least 4 members (excludes halogenated alkanes) is 3. The van der Waals surface area contributed by atoms with Gasteiger partial charge in [-0.05, 0) is 19.8 Å². The van der Waals surface area contributed by atoms with Crippen LogP contribution >= 0.6 is 0 Å². The summed E-state index contributed by atoms with van der Waals surface area (Å²) < 4.78 is 0. The van der Waals surface area contributed by atoms with Crippen molar-refractivity contribution in [2.45, 2.75) is 52.4 Å². The zero-order valence-corrected chi connectivity index (χ0v) is 9.57. The smallest absolute Gasteiger partial charge is 0.130 e. The first-order valence-electron chi connectivity index (χ1n) is 5.58. The quantitative estimate of drug-likeness (QED) is 0.576. The fourth-order valence-corrected chi connectivity index (χ4v) is 1.23. The van der Waals surface area contributed by atoms with Crippen molar-refractivity contribution in [1.82, 2.24) is 5.32 Å². The Bertz CT molecular complexity index is 175. The second-order valence-corrected chi connectivity index (χ2v) is 3.79. The Balaban J connectivity index is 3.22. The summed E-state index contributed by atoms with van der Waals surface area (Å²) in [5, 5.41) is 3.25. The summed E-state index contributed by atoms with van der Waals surface area (Å²) in [6, 6.07) is 0. The Kier molecular flexibility index (Phi) is 8.30. The molecule has 0 atom stereocenters. The average molecular weight is 197 g/mol. The largest absolute Gasteiger partial charge is 0.389 e. The molecule has 1 N–H and O–H groups in total. The maximum Gasteiger partial charge on any atom is 0.130 e. The molecule has 0 saturated carbocycles. The van der Waals surface area contributed by atoms with Crippen molar-refractivity contribution in [3.63, 3.8) is 0 Å². The monoisotopic (exact) mass is 197 g/mol. The lowest BCUT2D eigenvalue weighted by Gasteiger charge is -2.07. The van der Waals surface area contributed by atoms with Gasteiger partial charge >= 0.3 is 0 Å². The molecule has 0 unspecified atom stereocenters. The molecule has 0 spiro atoms. The van der Waals surface area contributed by atoms with Crippen LogP contribution in [0.1, 0.15) is 52.4 Å². The summed E-state index contributed by atoms with van der Waals surface area (Å²) in [5.41, 5.74) is 0.997. The molecule has 0 aliphatic rings. The van der Waals surface area contributed by atoms with Gasteiger partial charge in [-0.25, -0.2) is 0 Å². The van der Waals surface area contributed by atoms with Crippen molar-refractivity contribution in [1.29, 1.82) is 0 Å². The number of allylic oxidation sites excluding steroid dienone is 1. The predicted molar refractivity (Wildman–Crippen MR) is 61.2 cm³/mol. The van der Waals surface area contributed by atoms with E-state index in [1.54, 1.807) is 6.92 Å². The van der Waals surface area contributed by atoms with E-state index >= 15 is 0 Å². The number of nitrogens with one attached hydrogen (secondary N) is 1. The van der Waals surface area contributed by atoms with Gasteiger partial charge < -0.3 is 10.1 Å². The van der Waals surface area contributed by atoms with Gasteiger partial charge in [-0.2, -0.15) is 0 Å². The van der Waals surface area contributed by atoms with Crippen LogP contribution in [-0.2, 0) is 4.79 Å². The molecular weight excluding hydrogens is 174 g/mol. The van der Waals surface area contributed by atoms with Crippen LogP contribution in [0.2, 0.25) is 0 Å². The van der Waals surface area contributed by atoms with Crippen LogP contribution in [0.3, 0.4) is 0 Å². The zero-order chi connectivity index (χ0) is 10.8. The third kappa shape index (κ3) is 9.30. The Labute approximate surface area is 87.8 Å². The number of ketones is 1. The average Bonchev–Trinajstić information content (AvgIpc) is 2.14. The van der Waals surface area contributed by atoms with Crippen LogP contribution in [0.4, 0.5) is 0 Å². The molecule has 0 saturated heterocycles. The molecule has 82 valence electrons. The maximum absolute atomic E-state index is 10.7. The molecule has 0 heterocycles. The standard InChI is InChI=1S/C12H23NO/c1-4-5-6-7-10-13-11(2)8-9-12(3)14/h13H,2,4-10H2,1,3H3. The van der Waals surface area contributed by atoms with Gasteiger partial charge in [0.25, 0.3) is 0 Å². The molecule has 14 heavy (non-hydrogen) atoms. The highest BCUT2D eigenvalue weighted by Crippen LogP contribution is 2.01. The fraction of sp³-hybridized carbons (Fsp3) is 0.750. The van der Waals surface area contributed by atoms with Crippen LogP contribution in [0.15, 0.2) is 12.3 Å². The summed E-state index contributed by atoms with van der Waals surface area (Å²) in [6.07, 6.45) is 6.45. The Hall–Kier alpha value is -0.790. The van der Waals surface area contributed by atoms with Crippen molar-refractivity contribution in [3.05, 3.63) is 12.3 Å². The highest BCUT2D eigenvalue weighted by molar-refractivity contribution is 5.75. The molecule has 0 aromatic heterocycles. The summed E-state index contributed by atoms with van der Waals surface area (Å²) >= 11 is 0. The summed E-state index contributed by atoms with van der Waals surface area (Å²) in [6.45, 7) is 8.71. The van der Waals surface area contributed by atoms with E-state index in [2.05, 4.69) is 18.8 Å². The number of hydrogen-bond acceptors (Lipinski definition) is 2. The normalized spacial score (nSPS) is 9.86. The number of Topliss-reactive ketones (excluding diaryl/α,β-unsaturated/α-hetero) is 1. The van der Waals surface area contributed by atoms with E-state index in [0.29, 0.717) is 6.42 Å². The molecule has 0 fully saturated rings. The Morgan fingerprint density at radius 3 is 2.50 bits per heavy atom. The van der Waals surface area contributed by atoms with Gasteiger partial charge in [-0.1, -0.05) is 32.8 Å². The van der Waals surface area contributed by atoms with Gasteiger partial charge in [0.2, 0.25) is 0 Å². The summed E-state index contributed by atoms with van der Waals surface area (Å²) in [5.74, 6) is 0.235. The second-order valence-electron chi connectivity index (χ2n) is 3.79. The number of carbonyl (C=O) groups is 1. The van der Waals surface area contributed by atoms with Gasteiger partial charge in [0.05, 0.1) is 0 Å². The molecule has 0 aromatic carbocycles. The molecule has 0 aromatic rings. The summed E-state index contributed by atoms with van der Waals surface area (Å²) in [7, 11) is 0. The molecule has 2 heteroatoms. The van der Waals surface area contributed by atoms with Crippen molar-refractivity contribution < 1.29 is 4.79 Å². The Morgan fingerprint density at radius 1 is 1.21 bits per heavy atom. The van der Waals surface area contributed by atoms with Crippen molar-refractivity contribution in [3.8, 4) is 0 Å². The maximum atomic E-state index is 10.7. The van der Waals surface area contributed by atoms with E-state index in [9.17, 15) is 4.79 Å². The fourth-order valence-electron chi connectivity index (χ4n) is 1.23. The zero-order valence-electron chi connectivity index (χ0n) is 9.57. The van der Waals surface area contributed by atoms with Crippen LogP contribution < -0.4 is 5.32 Å². The van der Waals surface area contributed by atoms with E-state index in [0.717, 1.165) is 18.7 Å². The minimum absolute atomic E-state index is 0.235. The summed E-state index contributed by atoms with van der Waals surface area (Å²) in [4.78, 5) is 10.7. The van der Waals surface area contributed by atoms with Crippen LogP contribution in [0, 0.1) is 0 Å². The van der Waals surface area contributed by atoms with E-state index in [-0.39, 0.29) is 5.78 Å². The van der Waals surface area contributed by atoms with Gasteiger partial charge in [-0.3, -0.25) is 0 Å². The lowest BCUT2D eigenvalue weighted by molar-refractivity contribution is -0.116. The first kappa shape index (κ1) is 13.2. The number of hydrogen-bond donors (Lipinski definition) is 1. The van der Waals surface area contributed by atoms with E-state index in [4.69, 9.17) is 0 Å². The third-order valence-electron chi connectivity index (χ3n) is 2.18. The minimum atomic E-state index is 0.235. The Morgan fingerprint density at radius 2 is 1.93 bits per heavy atom.